The first kappa shape index (κ1) is 17.2. The lowest BCUT2D eigenvalue weighted by molar-refractivity contribution is 0.597. The van der Waals surface area contributed by atoms with E-state index in [9.17, 15) is 8.42 Å². The van der Waals surface area contributed by atoms with Crippen LogP contribution in [0.25, 0.3) is 22.8 Å². The number of sulfonamides is 1. The number of imidazole rings is 2. The minimum atomic E-state index is -3.70. The van der Waals surface area contributed by atoms with Crippen LogP contribution in [0, 0.1) is 0 Å². The maximum atomic E-state index is 11.4. The summed E-state index contributed by atoms with van der Waals surface area (Å²) >= 11 is 0. The topological polar surface area (TPSA) is 107 Å². The molecule has 0 aliphatic heterocycles. The second kappa shape index (κ2) is 6.82. The molecule has 2 aromatic carbocycles. The Balaban J connectivity index is 1.74. The van der Waals surface area contributed by atoms with Gasteiger partial charge in [-0.25, -0.2) is 23.5 Å². The lowest BCUT2D eigenvalue weighted by Gasteiger charge is -2.09. The molecule has 0 fully saturated rings. The highest BCUT2D eigenvalue weighted by Gasteiger charge is 2.17. The molecule has 136 valence electrons. The van der Waals surface area contributed by atoms with Gasteiger partial charge in [-0.1, -0.05) is 42.5 Å². The Bertz CT molecular complexity index is 1150. The molecule has 8 heteroatoms. The van der Waals surface area contributed by atoms with Crippen molar-refractivity contribution in [2.24, 2.45) is 5.14 Å². The summed E-state index contributed by atoms with van der Waals surface area (Å²) < 4.78 is 24.8. The normalized spacial score (nSPS) is 11.6. The van der Waals surface area contributed by atoms with Crippen molar-refractivity contribution in [3.8, 4) is 22.8 Å². The largest absolute Gasteiger partial charge is 0.343 e. The van der Waals surface area contributed by atoms with Crippen molar-refractivity contribution in [1.82, 2.24) is 19.5 Å². The highest BCUT2D eigenvalue weighted by atomic mass is 32.2. The first-order valence-corrected chi connectivity index (χ1v) is 9.79. The number of primary sulfonamides is 1. The number of benzene rings is 2. The average molecular weight is 379 g/mol. The molecule has 7 nitrogen and oxygen atoms in total. The summed E-state index contributed by atoms with van der Waals surface area (Å²) in [5.74, 6) is 0.715. The molecule has 0 amide bonds. The number of aromatic amines is 1. The van der Waals surface area contributed by atoms with Crippen molar-refractivity contribution in [1.29, 1.82) is 0 Å². The molecule has 4 aromatic rings. The van der Waals surface area contributed by atoms with Crippen LogP contribution in [0.2, 0.25) is 0 Å². The third kappa shape index (κ3) is 3.53. The van der Waals surface area contributed by atoms with Gasteiger partial charge in [0, 0.05) is 24.5 Å². The predicted octanol–water partition coefficient (Wildman–Crippen LogP) is 2.64. The Morgan fingerprint density at radius 3 is 2.37 bits per heavy atom. The highest BCUT2D eigenvalue weighted by Crippen LogP contribution is 2.29. The van der Waals surface area contributed by atoms with E-state index in [2.05, 4.69) is 15.0 Å². The van der Waals surface area contributed by atoms with Crippen LogP contribution in [-0.2, 0) is 16.6 Å². The maximum Gasteiger partial charge on any atom is 0.238 e. The van der Waals surface area contributed by atoms with Gasteiger partial charge in [0.05, 0.1) is 16.9 Å². The molecule has 0 unspecified atom stereocenters. The van der Waals surface area contributed by atoms with Gasteiger partial charge in [-0.2, -0.15) is 0 Å². The van der Waals surface area contributed by atoms with E-state index in [4.69, 9.17) is 5.14 Å². The summed E-state index contributed by atoms with van der Waals surface area (Å²) in [5.41, 5.74) is 3.60. The van der Waals surface area contributed by atoms with Crippen LogP contribution >= 0.6 is 0 Å². The molecule has 0 saturated heterocycles. The molecule has 0 atom stereocenters. The standard InChI is InChI=1S/C19H17N5O2S/c20-27(25,26)16-8-6-14(7-9-16)12-24-13-23-17(15-4-2-1-3-5-15)18(24)19-21-10-11-22-19/h1-11,13H,12H2,(H,21,22)(H2,20,25,26). The molecule has 2 aromatic heterocycles. The van der Waals surface area contributed by atoms with Gasteiger partial charge in [0.15, 0.2) is 5.82 Å². The molecule has 27 heavy (non-hydrogen) atoms. The number of hydrogen-bond donors (Lipinski definition) is 2. The summed E-state index contributed by atoms with van der Waals surface area (Å²) in [6.45, 7) is 0.515. The number of nitrogens with two attached hydrogens (primary N) is 1. The average Bonchev–Trinajstić information content (AvgIpc) is 3.31. The minimum absolute atomic E-state index is 0.0908. The van der Waals surface area contributed by atoms with Gasteiger partial charge in [0.1, 0.15) is 5.69 Å². The van der Waals surface area contributed by atoms with Crippen LogP contribution in [0.15, 0.2) is 78.2 Å². The number of H-pyrrole nitrogens is 1. The fourth-order valence-corrected chi connectivity index (χ4v) is 3.45. The monoisotopic (exact) mass is 379 g/mol. The fourth-order valence-electron chi connectivity index (χ4n) is 2.93. The van der Waals surface area contributed by atoms with Crippen LogP contribution in [0.4, 0.5) is 0 Å². The second-order valence-electron chi connectivity index (χ2n) is 6.06. The van der Waals surface area contributed by atoms with Gasteiger partial charge in [-0.05, 0) is 17.7 Å². The molecule has 0 saturated carbocycles. The van der Waals surface area contributed by atoms with Crippen LogP contribution in [0.5, 0.6) is 0 Å². The first-order valence-electron chi connectivity index (χ1n) is 8.24. The van der Waals surface area contributed by atoms with Gasteiger partial charge in [-0.3, -0.25) is 0 Å². The van der Waals surface area contributed by atoms with Crippen LogP contribution in [0.3, 0.4) is 0 Å². The quantitative estimate of drug-likeness (QED) is 0.556. The zero-order valence-corrected chi connectivity index (χ0v) is 15.1. The van der Waals surface area contributed by atoms with Gasteiger partial charge in [-0.15, -0.1) is 0 Å². The highest BCUT2D eigenvalue weighted by molar-refractivity contribution is 7.89. The minimum Gasteiger partial charge on any atom is -0.343 e. The van der Waals surface area contributed by atoms with Crippen molar-refractivity contribution < 1.29 is 8.42 Å². The van der Waals surface area contributed by atoms with E-state index in [0.717, 1.165) is 22.5 Å². The smallest absolute Gasteiger partial charge is 0.238 e. The Hall–Kier alpha value is -3.23. The summed E-state index contributed by atoms with van der Waals surface area (Å²) in [6, 6.07) is 16.4. The summed E-state index contributed by atoms with van der Waals surface area (Å²) in [6.07, 6.45) is 5.22. The summed E-state index contributed by atoms with van der Waals surface area (Å²) in [7, 11) is -3.70. The third-order valence-corrected chi connectivity index (χ3v) is 5.14. The number of hydrogen-bond acceptors (Lipinski definition) is 4. The molecule has 4 rings (SSSR count). The Morgan fingerprint density at radius 1 is 1.00 bits per heavy atom. The molecule has 0 aliphatic rings. The molecule has 3 N–H and O–H groups in total. The van der Waals surface area contributed by atoms with Crippen LogP contribution < -0.4 is 5.14 Å². The number of rotatable bonds is 5. The Morgan fingerprint density at radius 2 is 1.74 bits per heavy atom. The van der Waals surface area contributed by atoms with Gasteiger partial charge >= 0.3 is 0 Å². The maximum absolute atomic E-state index is 11.4. The van der Waals surface area contributed by atoms with E-state index in [1.54, 1.807) is 30.9 Å². The lowest BCUT2D eigenvalue weighted by atomic mass is 10.1. The van der Waals surface area contributed by atoms with E-state index in [1.807, 2.05) is 34.9 Å². The van der Waals surface area contributed by atoms with E-state index in [0.29, 0.717) is 12.4 Å². The van der Waals surface area contributed by atoms with Crippen LogP contribution in [0.1, 0.15) is 5.56 Å². The van der Waals surface area contributed by atoms with Crippen molar-refractivity contribution in [3.63, 3.8) is 0 Å². The number of nitrogens with one attached hydrogen (secondary N) is 1. The second-order valence-corrected chi connectivity index (χ2v) is 7.62. The van der Waals surface area contributed by atoms with Gasteiger partial charge in [0.25, 0.3) is 0 Å². The van der Waals surface area contributed by atoms with Crippen molar-refractivity contribution in [3.05, 3.63) is 78.9 Å². The van der Waals surface area contributed by atoms with Crippen molar-refractivity contribution in [2.75, 3.05) is 0 Å². The van der Waals surface area contributed by atoms with Crippen LogP contribution in [-0.4, -0.2) is 27.9 Å². The molecule has 0 bridgehead atoms. The molecular formula is C19H17N5O2S. The van der Waals surface area contributed by atoms with Crippen molar-refractivity contribution >= 4 is 10.0 Å². The Labute approximate surface area is 156 Å². The lowest BCUT2D eigenvalue weighted by Crippen LogP contribution is -2.12. The molecular weight excluding hydrogens is 362 g/mol. The van der Waals surface area contributed by atoms with E-state index in [-0.39, 0.29) is 4.90 Å². The molecule has 2 heterocycles. The Kier molecular flexibility index (Phi) is 4.35. The SMILES string of the molecule is NS(=O)(=O)c1ccc(Cn2cnc(-c3ccccc3)c2-c2ncc[nH]2)cc1. The van der Waals surface area contributed by atoms with E-state index < -0.39 is 10.0 Å². The zero-order valence-electron chi connectivity index (χ0n) is 14.3. The molecule has 0 aliphatic carbocycles. The van der Waals surface area contributed by atoms with Crippen molar-refractivity contribution in [2.45, 2.75) is 11.4 Å². The predicted molar refractivity (Wildman–Crippen MR) is 102 cm³/mol. The first-order chi connectivity index (χ1) is 13.0. The van der Waals surface area contributed by atoms with E-state index in [1.165, 1.54) is 12.1 Å². The summed E-state index contributed by atoms with van der Waals surface area (Å²) in [4.78, 5) is 12.2. The number of nitrogens with zero attached hydrogens (tertiary/aromatic N) is 3. The number of aromatic nitrogens is 4. The zero-order chi connectivity index (χ0) is 18.9. The summed E-state index contributed by atoms with van der Waals surface area (Å²) in [5, 5.41) is 5.16. The van der Waals surface area contributed by atoms with Gasteiger partial charge in [0.2, 0.25) is 10.0 Å². The van der Waals surface area contributed by atoms with Gasteiger partial charge < -0.3 is 9.55 Å². The molecule has 0 radical (unpaired) electrons. The van der Waals surface area contributed by atoms with E-state index >= 15 is 0 Å². The third-order valence-electron chi connectivity index (χ3n) is 4.21. The molecule has 0 spiro atoms. The fraction of sp³-hybridized carbons (Fsp3) is 0.0526.